The van der Waals surface area contributed by atoms with Crippen LogP contribution in [0.4, 0.5) is 0 Å². The summed E-state index contributed by atoms with van der Waals surface area (Å²) in [4.78, 5) is 5.08. The Kier molecular flexibility index (Phi) is 4.87. The maximum atomic E-state index is 9.10. The van der Waals surface area contributed by atoms with Crippen molar-refractivity contribution in [1.82, 2.24) is 24.8 Å². The van der Waals surface area contributed by atoms with Gasteiger partial charge >= 0.3 is 0 Å². The lowest BCUT2D eigenvalue weighted by atomic mass is 10.0. The van der Waals surface area contributed by atoms with E-state index in [1.165, 1.54) is 45.3 Å². The van der Waals surface area contributed by atoms with E-state index in [0.29, 0.717) is 11.7 Å². The average molecular weight is 293 g/mol. The van der Waals surface area contributed by atoms with Gasteiger partial charge in [0.15, 0.2) is 0 Å². The van der Waals surface area contributed by atoms with Gasteiger partial charge in [-0.2, -0.15) is 0 Å². The summed E-state index contributed by atoms with van der Waals surface area (Å²) in [7, 11) is 2.25. The van der Waals surface area contributed by atoms with Gasteiger partial charge in [-0.3, -0.25) is 0 Å². The number of likely N-dealkylation sites (tertiary alicyclic amines) is 2. The fourth-order valence-corrected chi connectivity index (χ4v) is 3.69. The van der Waals surface area contributed by atoms with E-state index in [2.05, 4.69) is 27.2 Å². The summed E-state index contributed by atoms with van der Waals surface area (Å²) >= 11 is 0. The number of aromatic nitrogens is 3. The normalized spacial score (nSPS) is 28.3. The first kappa shape index (κ1) is 14.9. The molecular formula is C15H27N5O. The summed E-state index contributed by atoms with van der Waals surface area (Å²) in [6, 6.07) is 1.19. The molecule has 2 atom stereocenters. The molecule has 1 aromatic heterocycles. The number of piperidine rings is 1. The predicted molar refractivity (Wildman–Crippen MR) is 80.9 cm³/mol. The van der Waals surface area contributed by atoms with Crippen molar-refractivity contribution < 1.29 is 5.11 Å². The molecular weight excluding hydrogens is 266 g/mol. The monoisotopic (exact) mass is 293 g/mol. The summed E-state index contributed by atoms with van der Waals surface area (Å²) in [5.74, 6) is 0. The second kappa shape index (κ2) is 6.85. The Balaban J connectivity index is 1.50. The molecule has 1 N–H and O–H groups in total. The maximum absolute atomic E-state index is 9.10. The molecule has 118 valence electrons. The van der Waals surface area contributed by atoms with Crippen LogP contribution < -0.4 is 0 Å². The van der Waals surface area contributed by atoms with Crippen LogP contribution in [0.15, 0.2) is 6.20 Å². The lowest BCUT2D eigenvalue weighted by Gasteiger charge is -2.33. The molecule has 0 radical (unpaired) electrons. The van der Waals surface area contributed by atoms with Crippen LogP contribution in [0.25, 0.3) is 0 Å². The van der Waals surface area contributed by atoms with Crippen molar-refractivity contribution in [3.63, 3.8) is 0 Å². The Morgan fingerprint density at radius 3 is 2.86 bits per heavy atom. The molecule has 6 heteroatoms. The van der Waals surface area contributed by atoms with Gasteiger partial charge in [0.1, 0.15) is 5.69 Å². The fourth-order valence-electron chi connectivity index (χ4n) is 3.69. The van der Waals surface area contributed by atoms with E-state index in [1.54, 1.807) is 0 Å². The molecule has 21 heavy (non-hydrogen) atoms. The number of hydrogen-bond acceptors (Lipinski definition) is 5. The summed E-state index contributed by atoms with van der Waals surface area (Å²) in [6.07, 6.45) is 8.26. The van der Waals surface area contributed by atoms with Crippen molar-refractivity contribution in [2.24, 2.45) is 0 Å². The molecule has 2 saturated heterocycles. The third kappa shape index (κ3) is 3.62. The quantitative estimate of drug-likeness (QED) is 0.874. The number of hydrogen-bond donors (Lipinski definition) is 1. The molecule has 0 amide bonds. The standard InChI is InChI=1S/C15H27N5O/c1-18-7-2-4-14(18)6-9-19-8-3-5-15(11-19)20-10-13(12-21)16-17-20/h10,14-15,21H,2-9,11-12H2,1H3. The van der Waals surface area contributed by atoms with Gasteiger partial charge in [0.2, 0.25) is 0 Å². The lowest BCUT2D eigenvalue weighted by molar-refractivity contribution is 0.153. The van der Waals surface area contributed by atoms with Gasteiger partial charge in [-0.1, -0.05) is 5.21 Å². The van der Waals surface area contributed by atoms with Gasteiger partial charge in [-0.05, 0) is 58.8 Å². The second-order valence-corrected chi connectivity index (χ2v) is 6.51. The number of aliphatic hydroxyl groups excluding tert-OH is 1. The predicted octanol–water partition coefficient (Wildman–Crippen LogP) is 0.892. The summed E-state index contributed by atoms with van der Waals surface area (Å²) in [6.45, 7) is 4.69. The zero-order valence-corrected chi connectivity index (χ0v) is 13.0. The van der Waals surface area contributed by atoms with Crippen molar-refractivity contribution in [3.8, 4) is 0 Å². The minimum Gasteiger partial charge on any atom is -0.390 e. The van der Waals surface area contributed by atoms with Crippen LogP contribution in [0, 0.1) is 0 Å². The summed E-state index contributed by atoms with van der Waals surface area (Å²) < 4.78 is 1.94. The van der Waals surface area contributed by atoms with Crippen molar-refractivity contribution in [2.75, 3.05) is 33.2 Å². The fraction of sp³-hybridized carbons (Fsp3) is 0.867. The van der Waals surface area contributed by atoms with Crippen molar-refractivity contribution in [3.05, 3.63) is 11.9 Å². The lowest BCUT2D eigenvalue weighted by Crippen LogP contribution is -2.39. The van der Waals surface area contributed by atoms with E-state index in [4.69, 9.17) is 5.11 Å². The van der Waals surface area contributed by atoms with Crippen LogP contribution in [0.1, 0.15) is 43.8 Å². The highest BCUT2D eigenvalue weighted by Gasteiger charge is 2.25. The molecule has 3 heterocycles. The van der Waals surface area contributed by atoms with Crippen LogP contribution in [0.3, 0.4) is 0 Å². The van der Waals surface area contributed by atoms with Crippen LogP contribution in [0.5, 0.6) is 0 Å². The number of rotatable bonds is 5. The van der Waals surface area contributed by atoms with Crippen molar-refractivity contribution in [1.29, 1.82) is 0 Å². The topological polar surface area (TPSA) is 57.4 Å². The molecule has 3 rings (SSSR count). The minimum atomic E-state index is -0.0234. The highest BCUT2D eigenvalue weighted by atomic mass is 16.3. The van der Waals surface area contributed by atoms with E-state index in [0.717, 1.165) is 19.0 Å². The van der Waals surface area contributed by atoms with Gasteiger partial charge in [-0.15, -0.1) is 5.10 Å². The first-order chi connectivity index (χ1) is 10.3. The van der Waals surface area contributed by atoms with Crippen molar-refractivity contribution in [2.45, 2.75) is 50.8 Å². The minimum absolute atomic E-state index is 0.0234. The van der Waals surface area contributed by atoms with Gasteiger partial charge in [-0.25, -0.2) is 4.68 Å². The average Bonchev–Trinajstić information content (AvgIpc) is 3.14. The van der Waals surface area contributed by atoms with Gasteiger partial charge in [0, 0.05) is 12.6 Å². The molecule has 1 aromatic rings. The van der Waals surface area contributed by atoms with E-state index < -0.39 is 0 Å². The summed E-state index contributed by atoms with van der Waals surface area (Å²) in [5.41, 5.74) is 0.666. The molecule has 2 fully saturated rings. The largest absolute Gasteiger partial charge is 0.390 e. The van der Waals surface area contributed by atoms with Crippen LogP contribution in [-0.4, -0.2) is 69.2 Å². The van der Waals surface area contributed by atoms with Gasteiger partial charge in [0.25, 0.3) is 0 Å². The SMILES string of the molecule is CN1CCCC1CCN1CCCC(n2cc(CO)nn2)C1. The van der Waals surface area contributed by atoms with E-state index in [-0.39, 0.29) is 6.61 Å². The Bertz CT molecular complexity index is 449. The molecule has 0 aromatic carbocycles. The first-order valence-electron chi connectivity index (χ1n) is 8.20. The third-order valence-electron chi connectivity index (χ3n) is 5.02. The second-order valence-electron chi connectivity index (χ2n) is 6.51. The molecule has 0 aliphatic carbocycles. The molecule has 2 aliphatic heterocycles. The molecule has 2 aliphatic rings. The summed E-state index contributed by atoms with van der Waals surface area (Å²) in [5, 5.41) is 17.3. The third-order valence-corrected chi connectivity index (χ3v) is 5.02. The van der Waals surface area contributed by atoms with E-state index in [9.17, 15) is 0 Å². The Labute approximate surface area is 126 Å². The van der Waals surface area contributed by atoms with E-state index in [1.807, 2.05) is 10.9 Å². The molecule has 0 spiro atoms. The van der Waals surface area contributed by atoms with Crippen LogP contribution in [-0.2, 0) is 6.61 Å². The van der Waals surface area contributed by atoms with E-state index >= 15 is 0 Å². The Morgan fingerprint density at radius 1 is 1.29 bits per heavy atom. The molecule has 6 nitrogen and oxygen atoms in total. The van der Waals surface area contributed by atoms with Crippen LogP contribution >= 0.6 is 0 Å². The van der Waals surface area contributed by atoms with Crippen LogP contribution in [0.2, 0.25) is 0 Å². The molecule has 2 unspecified atom stereocenters. The zero-order chi connectivity index (χ0) is 14.7. The first-order valence-corrected chi connectivity index (χ1v) is 8.20. The maximum Gasteiger partial charge on any atom is 0.108 e. The highest BCUT2D eigenvalue weighted by molar-refractivity contribution is 4.92. The zero-order valence-electron chi connectivity index (χ0n) is 13.0. The number of aliphatic hydroxyl groups is 1. The smallest absolute Gasteiger partial charge is 0.108 e. The molecule has 0 saturated carbocycles. The Hall–Kier alpha value is -0.980. The van der Waals surface area contributed by atoms with Gasteiger partial charge < -0.3 is 14.9 Å². The highest BCUT2D eigenvalue weighted by Crippen LogP contribution is 2.23. The number of nitrogens with zero attached hydrogens (tertiary/aromatic N) is 5. The van der Waals surface area contributed by atoms with Gasteiger partial charge in [0.05, 0.1) is 18.8 Å². The molecule has 0 bridgehead atoms. The van der Waals surface area contributed by atoms with Crippen molar-refractivity contribution >= 4 is 0 Å². The Morgan fingerprint density at radius 2 is 2.14 bits per heavy atom.